The van der Waals surface area contributed by atoms with Crippen LogP contribution in [0.2, 0.25) is 0 Å². The van der Waals surface area contributed by atoms with Crippen molar-refractivity contribution in [3.8, 4) is 6.07 Å². The molecule has 2 saturated heterocycles. The highest BCUT2D eigenvalue weighted by Gasteiger charge is 2.50. The molecule has 6 heteroatoms. The number of piperidine rings is 1. The molecule has 2 aliphatic heterocycles. The Morgan fingerprint density at radius 1 is 1.21 bits per heavy atom. The summed E-state index contributed by atoms with van der Waals surface area (Å²) in [6.07, 6.45) is 2.42. The van der Waals surface area contributed by atoms with E-state index in [1.807, 2.05) is 36.4 Å². The molecule has 2 aromatic carbocycles. The van der Waals surface area contributed by atoms with Crippen molar-refractivity contribution in [2.75, 3.05) is 0 Å². The molecule has 2 unspecified atom stereocenters. The molecule has 0 radical (unpaired) electrons. The normalized spacial score (nSPS) is 25.5. The average molecular weight is 394 g/mol. The van der Waals surface area contributed by atoms with Crippen LogP contribution in [0.15, 0.2) is 48.5 Å². The van der Waals surface area contributed by atoms with Crippen molar-refractivity contribution in [2.45, 2.75) is 56.4 Å². The number of hydrogen-bond acceptors (Lipinski definition) is 4. The summed E-state index contributed by atoms with van der Waals surface area (Å²) in [5.74, 6) is -0.464. The van der Waals surface area contributed by atoms with Crippen LogP contribution in [0, 0.1) is 17.1 Å². The van der Waals surface area contributed by atoms with Crippen molar-refractivity contribution in [3.63, 3.8) is 0 Å². The third-order valence-electron chi connectivity index (χ3n) is 5.98. The minimum atomic E-state index is -1.02. The van der Waals surface area contributed by atoms with Crippen LogP contribution < -0.4 is 0 Å². The Bertz CT molecular complexity index is 927. The van der Waals surface area contributed by atoms with Crippen LogP contribution in [-0.4, -0.2) is 33.8 Å². The number of fused-ring (bicyclic) bond motifs is 2. The monoisotopic (exact) mass is 394 g/mol. The lowest BCUT2D eigenvalue weighted by atomic mass is 9.80. The van der Waals surface area contributed by atoms with Gasteiger partial charge < -0.3 is 14.7 Å². The number of nitriles is 1. The van der Waals surface area contributed by atoms with Gasteiger partial charge in [-0.25, -0.2) is 9.18 Å². The van der Waals surface area contributed by atoms with Crippen molar-refractivity contribution < 1.29 is 19.0 Å². The summed E-state index contributed by atoms with van der Waals surface area (Å²) in [4.78, 5) is 14.4. The molecule has 5 nitrogen and oxygen atoms in total. The predicted molar refractivity (Wildman–Crippen MR) is 104 cm³/mol. The molecule has 2 aliphatic rings. The number of nitrogens with zero attached hydrogens (tertiary/aromatic N) is 2. The number of hydrogen-bond donors (Lipinski definition) is 1. The summed E-state index contributed by atoms with van der Waals surface area (Å²) >= 11 is 0. The molecule has 150 valence electrons. The highest BCUT2D eigenvalue weighted by Crippen LogP contribution is 2.43. The zero-order valence-corrected chi connectivity index (χ0v) is 16.1. The molecular weight excluding hydrogens is 371 g/mol. The Morgan fingerprint density at radius 2 is 1.90 bits per heavy atom. The van der Waals surface area contributed by atoms with E-state index >= 15 is 0 Å². The number of ether oxygens (including phenoxy) is 1. The van der Waals surface area contributed by atoms with Gasteiger partial charge in [0.1, 0.15) is 12.4 Å². The largest absolute Gasteiger partial charge is 0.445 e. The summed E-state index contributed by atoms with van der Waals surface area (Å²) in [6.45, 7) is 0.223. The highest BCUT2D eigenvalue weighted by molar-refractivity contribution is 5.69. The van der Waals surface area contributed by atoms with E-state index in [1.165, 1.54) is 12.1 Å². The van der Waals surface area contributed by atoms with Crippen molar-refractivity contribution >= 4 is 6.09 Å². The van der Waals surface area contributed by atoms with Crippen LogP contribution in [0.25, 0.3) is 0 Å². The minimum absolute atomic E-state index is 0.0898. The van der Waals surface area contributed by atoms with E-state index in [0.29, 0.717) is 18.4 Å². The van der Waals surface area contributed by atoms with Crippen LogP contribution in [0.3, 0.4) is 0 Å². The zero-order valence-electron chi connectivity index (χ0n) is 16.1. The fraction of sp³-hybridized carbons (Fsp3) is 0.391. The van der Waals surface area contributed by atoms with Gasteiger partial charge in [-0.3, -0.25) is 0 Å². The molecule has 0 aliphatic carbocycles. The first kappa shape index (κ1) is 19.4. The van der Waals surface area contributed by atoms with Gasteiger partial charge in [-0.2, -0.15) is 5.26 Å². The maximum absolute atomic E-state index is 13.4. The average Bonchev–Trinajstić information content (AvgIpc) is 3.00. The van der Waals surface area contributed by atoms with Crippen LogP contribution in [0.5, 0.6) is 0 Å². The Kier molecular flexibility index (Phi) is 5.25. The van der Waals surface area contributed by atoms with Crippen LogP contribution in [0.1, 0.15) is 42.4 Å². The Hall–Kier alpha value is -2.91. The van der Waals surface area contributed by atoms with E-state index in [4.69, 9.17) is 4.74 Å². The number of carbonyl (C=O) groups excluding carboxylic acids is 1. The lowest BCUT2D eigenvalue weighted by molar-refractivity contribution is -0.0485. The molecule has 2 aromatic rings. The first-order chi connectivity index (χ1) is 14.0. The van der Waals surface area contributed by atoms with Gasteiger partial charge in [0.25, 0.3) is 0 Å². The highest BCUT2D eigenvalue weighted by atomic mass is 19.1. The van der Waals surface area contributed by atoms with Crippen molar-refractivity contribution in [3.05, 3.63) is 71.0 Å². The quantitative estimate of drug-likeness (QED) is 0.853. The molecule has 1 N–H and O–H groups in total. The molecule has 2 heterocycles. The Morgan fingerprint density at radius 3 is 2.55 bits per heavy atom. The predicted octanol–water partition coefficient (Wildman–Crippen LogP) is 3.93. The molecule has 1 amide bonds. The van der Waals surface area contributed by atoms with Gasteiger partial charge in [0, 0.05) is 18.5 Å². The second kappa shape index (κ2) is 7.84. The van der Waals surface area contributed by atoms with Crippen LogP contribution in [-0.2, 0) is 17.8 Å². The third-order valence-corrected chi connectivity index (χ3v) is 5.98. The molecule has 0 spiro atoms. The van der Waals surface area contributed by atoms with E-state index < -0.39 is 11.4 Å². The van der Waals surface area contributed by atoms with E-state index in [1.54, 1.807) is 11.0 Å². The molecule has 4 rings (SSSR count). The molecular formula is C23H23FN2O3. The van der Waals surface area contributed by atoms with Gasteiger partial charge in [-0.05, 0) is 48.9 Å². The third kappa shape index (κ3) is 4.10. The first-order valence-corrected chi connectivity index (χ1v) is 9.87. The molecule has 29 heavy (non-hydrogen) atoms. The second-order valence-corrected chi connectivity index (χ2v) is 8.06. The number of halogens is 1. The molecule has 0 saturated carbocycles. The lowest BCUT2D eigenvalue weighted by Gasteiger charge is -2.43. The minimum Gasteiger partial charge on any atom is -0.445 e. The van der Waals surface area contributed by atoms with Crippen molar-refractivity contribution in [1.29, 1.82) is 5.26 Å². The van der Waals surface area contributed by atoms with Gasteiger partial charge in [0.05, 0.1) is 17.2 Å². The fourth-order valence-corrected chi connectivity index (χ4v) is 4.72. The molecule has 2 bridgehead atoms. The summed E-state index contributed by atoms with van der Waals surface area (Å²) in [7, 11) is 0. The lowest BCUT2D eigenvalue weighted by Crippen LogP contribution is -2.54. The SMILES string of the molecule is N#Cc1cc(F)ccc1CC1(O)CC2CCC(C1)N2C(=O)OCc1ccccc1. The fourth-order valence-electron chi connectivity index (χ4n) is 4.72. The topological polar surface area (TPSA) is 73.6 Å². The van der Waals surface area contributed by atoms with E-state index in [0.717, 1.165) is 18.4 Å². The van der Waals surface area contributed by atoms with Gasteiger partial charge in [0.2, 0.25) is 0 Å². The summed E-state index contributed by atoms with van der Waals surface area (Å²) in [5, 5.41) is 20.5. The van der Waals surface area contributed by atoms with Crippen molar-refractivity contribution in [2.24, 2.45) is 0 Å². The first-order valence-electron chi connectivity index (χ1n) is 9.87. The second-order valence-electron chi connectivity index (χ2n) is 8.06. The number of rotatable bonds is 4. The standard InChI is InChI=1S/C23H23FN2O3/c24-19-7-6-17(18(10-19)14-25)11-23(28)12-20-8-9-21(13-23)26(20)22(27)29-15-16-4-2-1-3-5-16/h1-7,10,20-21,28H,8-9,11-13,15H2. The van der Waals surface area contributed by atoms with Crippen molar-refractivity contribution in [1.82, 2.24) is 4.90 Å². The number of amides is 1. The Balaban J connectivity index is 1.43. The van der Waals surface area contributed by atoms with Gasteiger partial charge >= 0.3 is 6.09 Å². The van der Waals surface area contributed by atoms with Crippen LogP contribution >= 0.6 is 0 Å². The maximum Gasteiger partial charge on any atom is 0.410 e. The zero-order chi connectivity index (χ0) is 20.4. The van der Waals surface area contributed by atoms with E-state index in [-0.39, 0.29) is 36.8 Å². The number of benzene rings is 2. The van der Waals surface area contributed by atoms with Crippen LogP contribution in [0.4, 0.5) is 9.18 Å². The number of carbonyl (C=O) groups is 1. The van der Waals surface area contributed by atoms with E-state index in [9.17, 15) is 19.6 Å². The Labute approximate surface area is 169 Å². The molecule has 2 atom stereocenters. The smallest absolute Gasteiger partial charge is 0.410 e. The van der Waals surface area contributed by atoms with E-state index in [2.05, 4.69) is 0 Å². The number of aliphatic hydroxyl groups is 1. The molecule has 2 fully saturated rings. The summed E-state index contributed by atoms with van der Waals surface area (Å²) in [6, 6.07) is 15.4. The summed E-state index contributed by atoms with van der Waals surface area (Å²) in [5.41, 5.74) is 0.791. The molecule has 0 aromatic heterocycles. The van der Waals surface area contributed by atoms with Gasteiger partial charge in [-0.15, -0.1) is 0 Å². The summed E-state index contributed by atoms with van der Waals surface area (Å²) < 4.78 is 18.9. The van der Waals surface area contributed by atoms with Gasteiger partial charge in [0.15, 0.2) is 0 Å². The van der Waals surface area contributed by atoms with Gasteiger partial charge in [-0.1, -0.05) is 36.4 Å². The maximum atomic E-state index is 13.4.